The molecule has 0 radical (unpaired) electrons. The third-order valence-electron chi connectivity index (χ3n) is 4.69. The molecule has 0 saturated heterocycles. The van der Waals surface area contributed by atoms with Crippen molar-refractivity contribution in [1.82, 2.24) is 0 Å². The van der Waals surface area contributed by atoms with Gasteiger partial charge in [0.05, 0.1) is 10.5 Å². The first-order valence-electron chi connectivity index (χ1n) is 8.13. The number of carbonyl (C=O) groups excluding carboxylic acids is 1. The van der Waals surface area contributed by atoms with E-state index in [2.05, 4.69) is 11.4 Å². The molecule has 2 heterocycles. The van der Waals surface area contributed by atoms with Gasteiger partial charge in [-0.2, -0.15) is 5.26 Å². The predicted molar refractivity (Wildman–Crippen MR) is 94.4 cm³/mol. The maximum atomic E-state index is 12.4. The van der Waals surface area contributed by atoms with Crippen LogP contribution >= 0.6 is 0 Å². The molecule has 26 heavy (non-hydrogen) atoms. The van der Waals surface area contributed by atoms with E-state index in [0.717, 1.165) is 37.0 Å². The Morgan fingerprint density at radius 1 is 1.27 bits per heavy atom. The summed E-state index contributed by atoms with van der Waals surface area (Å²) in [5.74, 6) is 0.736. The fourth-order valence-corrected chi connectivity index (χ4v) is 3.97. The molecular weight excluding hydrogens is 354 g/mol. The lowest BCUT2D eigenvalue weighted by Crippen LogP contribution is -2.12. The molecule has 0 bridgehead atoms. The highest BCUT2D eigenvalue weighted by molar-refractivity contribution is 7.89. The Kier molecular flexibility index (Phi) is 3.72. The summed E-state index contributed by atoms with van der Waals surface area (Å²) in [6, 6.07) is 6.35. The number of nitrogens with two attached hydrogens (primary N) is 1. The summed E-state index contributed by atoms with van der Waals surface area (Å²) in [4.78, 5) is 12.3. The lowest BCUT2D eigenvalue weighted by atomic mass is 9.94. The van der Waals surface area contributed by atoms with Crippen LogP contribution in [0, 0.1) is 11.3 Å². The molecule has 1 amide bonds. The van der Waals surface area contributed by atoms with Crippen molar-refractivity contribution in [2.75, 3.05) is 5.32 Å². The molecule has 0 unspecified atom stereocenters. The van der Waals surface area contributed by atoms with Gasteiger partial charge < -0.3 is 9.73 Å². The number of aryl methyl sites for hydroxylation is 1. The molecule has 0 fully saturated rings. The smallest absolute Gasteiger partial charge is 0.256 e. The summed E-state index contributed by atoms with van der Waals surface area (Å²) < 4.78 is 29.0. The number of furan rings is 1. The minimum Gasteiger partial charge on any atom is -0.460 e. The second kappa shape index (κ2) is 5.83. The molecule has 1 aromatic heterocycles. The fraction of sp³-hybridized carbons (Fsp3) is 0.222. The lowest BCUT2D eigenvalue weighted by Gasteiger charge is -2.07. The van der Waals surface area contributed by atoms with E-state index in [-0.39, 0.29) is 16.4 Å². The molecule has 0 spiro atoms. The molecule has 1 aliphatic carbocycles. The largest absolute Gasteiger partial charge is 0.460 e. The van der Waals surface area contributed by atoms with Gasteiger partial charge in [-0.15, -0.1) is 0 Å². The summed E-state index contributed by atoms with van der Waals surface area (Å²) >= 11 is 0. The molecule has 2 aromatic rings. The van der Waals surface area contributed by atoms with E-state index in [4.69, 9.17) is 9.56 Å². The van der Waals surface area contributed by atoms with Crippen molar-refractivity contribution in [2.24, 2.45) is 5.14 Å². The third kappa shape index (κ3) is 2.62. The van der Waals surface area contributed by atoms with Gasteiger partial charge in [0.15, 0.2) is 0 Å². The van der Waals surface area contributed by atoms with Crippen molar-refractivity contribution in [3.63, 3.8) is 0 Å². The average Bonchev–Trinajstić information content (AvgIpc) is 3.11. The van der Waals surface area contributed by atoms with Crippen molar-refractivity contribution in [3.8, 4) is 6.07 Å². The Hall–Kier alpha value is -2.89. The number of primary sulfonamides is 1. The number of hydrogen-bond donors (Lipinski definition) is 2. The van der Waals surface area contributed by atoms with Gasteiger partial charge in [-0.25, -0.2) is 13.6 Å². The molecule has 1 aromatic carbocycles. The first kappa shape index (κ1) is 16.6. The zero-order valence-corrected chi connectivity index (χ0v) is 14.5. The Morgan fingerprint density at radius 3 is 2.77 bits per heavy atom. The highest BCUT2D eigenvalue weighted by Gasteiger charge is 2.28. The monoisotopic (exact) mass is 369 g/mol. The number of sulfonamides is 1. The molecule has 3 N–H and O–H groups in total. The van der Waals surface area contributed by atoms with E-state index < -0.39 is 10.0 Å². The van der Waals surface area contributed by atoms with Crippen molar-refractivity contribution in [3.05, 3.63) is 46.4 Å². The number of nitriles is 1. The van der Waals surface area contributed by atoms with Crippen molar-refractivity contribution in [2.45, 2.75) is 30.6 Å². The highest BCUT2D eigenvalue weighted by atomic mass is 32.2. The van der Waals surface area contributed by atoms with E-state index in [9.17, 15) is 18.5 Å². The molecule has 8 heteroatoms. The van der Waals surface area contributed by atoms with Crippen LogP contribution in [0.3, 0.4) is 0 Å². The van der Waals surface area contributed by atoms with Gasteiger partial charge in [0.2, 0.25) is 10.0 Å². The van der Waals surface area contributed by atoms with Gasteiger partial charge in [0, 0.05) is 23.2 Å². The quantitative estimate of drug-likeness (QED) is 0.785. The van der Waals surface area contributed by atoms with E-state index >= 15 is 0 Å². The maximum absolute atomic E-state index is 12.4. The van der Waals surface area contributed by atoms with Crippen LogP contribution in [-0.2, 0) is 27.7 Å². The SMILES string of the molecule is N#Cc1c(C=C2C(=O)Nc3ccc(S(N)(=O)=O)cc32)oc2c1CCCC2. The van der Waals surface area contributed by atoms with Crippen molar-refractivity contribution in [1.29, 1.82) is 5.26 Å². The predicted octanol–water partition coefficient (Wildman–Crippen LogP) is 2.17. The minimum absolute atomic E-state index is 0.0853. The van der Waals surface area contributed by atoms with Gasteiger partial charge in [-0.3, -0.25) is 4.79 Å². The van der Waals surface area contributed by atoms with Crippen LogP contribution in [0.25, 0.3) is 11.6 Å². The number of carbonyl (C=O) groups is 1. The first-order chi connectivity index (χ1) is 12.4. The number of anilines is 1. The minimum atomic E-state index is -3.90. The zero-order chi connectivity index (χ0) is 18.5. The number of nitrogens with zero attached hydrogens (tertiary/aromatic N) is 1. The van der Waals surface area contributed by atoms with Gasteiger partial charge in [-0.05, 0) is 43.5 Å². The number of fused-ring (bicyclic) bond motifs is 2. The second-order valence-electron chi connectivity index (χ2n) is 6.33. The number of rotatable bonds is 2. The summed E-state index contributed by atoms with van der Waals surface area (Å²) in [6.07, 6.45) is 5.06. The van der Waals surface area contributed by atoms with Gasteiger partial charge in [0.1, 0.15) is 23.2 Å². The van der Waals surface area contributed by atoms with Crippen molar-refractivity contribution >= 4 is 33.3 Å². The molecular formula is C18H15N3O4S. The van der Waals surface area contributed by atoms with Gasteiger partial charge in [0.25, 0.3) is 5.91 Å². The van der Waals surface area contributed by atoms with Crippen molar-refractivity contribution < 1.29 is 17.6 Å². The fourth-order valence-electron chi connectivity index (χ4n) is 3.43. The van der Waals surface area contributed by atoms with Gasteiger partial charge >= 0.3 is 0 Å². The summed E-state index contributed by atoms with van der Waals surface area (Å²) in [6.45, 7) is 0. The molecule has 1 aliphatic heterocycles. The topological polar surface area (TPSA) is 126 Å². The number of nitrogens with one attached hydrogen (secondary N) is 1. The molecule has 2 aliphatic rings. The number of benzene rings is 1. The van der Waals surface area contributed by atoms with Crippen LogP contribution in [0.1, 0.15) is 41.1 Å². The zero-order valence-electron chi connectivity index (χ0n) is 13.7. The Morgan fingerprint density at radius 2 is 2.04 bits per heavy atom. The van der Waals surface area contributed by atoms with Crippen LogP contribution in [0.4, 0.5) is 5.69 Å². The first-order valence-corrected chi connectivity index (χ1v) is 9.68. The molecule has 4 rings (SSSR count). The summed E-state index contributed by atoms with van der Waals surface area (Å²) in [5, 5.41) is 17.4. The highest BCUT2D eigenvalue weighted by Crippen LogP contribution is 2.37. The normalized spacial score (nSPS) is 17.5. The van der Waals surface area contributed by atoms with E-state index in [1.807, 2.05) is 0 Å². The Bertz CT molecular complexity index is 1120. The van der Waals surface area contributed by atoms with Crippen LogP contribution < -0.4 is 10.5 Å². The van der Waals surface area contributed by atoms with Crippen LogP contribution in [0.5, 0.6) is 0 Å². The lowest BCUT2D eigenvalue weighted by molar-refractivity contribution is -0.110. The second-order valence-corrected chi connectivity index (χ2v) is 7.89. The summed E-state index contributed by atoms with van der Waals surface area (Å²) in [7, 11) is -3.90. The maximum Gasteiger partial charge on any atom is 0.256 e. The van der Waals surface area contributed by atoms with E-state index in [0.29, 0.717) is 22.6 Å². The summed E-state index contributed by atoms with van der Waals surface area (Å²) in [5.41, 5.74) is 2.50. The molecule has 0 atom stereocenters. The Labute approximate surface area is 150 Å². The van der Waals surface area contributed by atoms with E-state index in [1.165, 1.54) is 24.3 Å². The molecule has 132 valence electrons. The molecule has 0 saturated carbocycles. The number of amides is 1. The van der Waals surface area contributed by atoms with E-state index in [1.54, 1.807) is 0 Å². The van der Waals surface area contributed by atoms with Crippen LogP contribution in [0.15, 0.2) is 27.5 Å². The third-order valence-corrected chi connectivity index (χ3v) is 5.60. The van der Waals surface area contributed by atoms with Crippen LogP contribution in [0.2, 0.25) is 0 Å². The standard InChI is InChI=1S/C18H15N3O4S/c19-9-14-11-3-1-2-4-16(11)25-17(14)8-13-12-7-10(26(20,23)24)5-6-15(12)21-18(13)22/h5-8H,1-4H2,(H,21,22)(H2,20,23,24). The number of hydrogen-bond acceptors (Lipinski definition) is 5. The molecule has 7 nitrogen and oxygen atoms in total. The van der Waals surface area contributed by atoms with Gasteiger partial charge in [-0.1, -0.05) is 0 Å². The Balaban J connectivity index is 1.87. The average molecular weight is 369 g/mol. The van der Waals surface area contributed by atoms with Crippen LogP contribution in [-0.4, -0.2) is 14.3 Å².